The maximum atomic E-state index is 15.9. The third-order valence-electron chi connectivity index (χ3n) is 9.35. The van der Waals surface area contributed by atoms with E-state index in [9.17, 15) is 14.4 Å². The van der Waals surface area contributed by atoms with E-state index in [-0.39, 0.29) is 30.3 Å². The van der Waals surface area contributed by atoms with Crippen LogP contribution in [-0.2, 0) is 20.2 Å². The number of ether oxygens (including phenoxy) is 3. The largest absolute Gasteiger partial charge is 0.497 e. The van der Waals surface area contributed by atoms with Crippen LogP contribution in [0, 0.1) is 17.3 Å². The number of alkyl carbamates (subject to hydrolysis) is 1. The van der Waals surface area contributed by atoms with Crippen molar-refractivity contribution < 1.29 is 37.4 Å². The van der Waals surface area contributed by atoms with E-state index in [0.29, 0.717) is 43.2 Å². The van der Waals surface area contributed by atoms with E-state index in [1.165, 1.54) is 12.0 Å². The van der Waals surface area contributed by atoms with Crippen molar-refractivity contribution >= 4 is 29.3 Å². The quantitative estimate of drug-likeness (QED) is 0.455. The van der Waals surface area contributed by atoms with Crippen LogP contribution >= 0.6 is 0 Å². The Morgan fingerprint density at radius 2 is 1.93 bits per heavy atom. The second kappa shape index (κ2) is 11.7. The maximum Gasteiger partial charge on any atom is 0.408 e. The number of fused-ring (bicyclic) bond motifs is 5. The number of aromatic nitrogens is 2. The lowest BCUT2D eigenvalue weighted by molar-refractivity contribution is -0.139. The van der Waals surface area contributed by atoms with Gasteiger partial charge in [-0.1, -0.05) is 34.1 Å². The highest BCUT2D eigenvalue weighted by Crippen LogP contribution is 2.50. The van der Waals surface area contributed by atoms with E-state index in [2.05, 4.69) is 15.3 Å². The Morgan fingerprint density at radius 3 is 2.59 bits per heavy atom. The first-order valence-electron chi connectivity index (χ1n) is 15.4. The molecular formula is C32H42F2N4O6. The normalized spacial score (nSPS) is 31.0. The molecule has 10 nitrogen and oxygen atoms in total. The first-order chi connectivity index (χ1) is 20.7. The number of halogens is 2. The standard InChI is InChI=1S/C32H42F2N4O6/c1-7-20-23(17-39)38-16-24(20)43-27-25(35-21-12-11-19(42-6)14-22(21)36-27)32(33,34)13-9-8-10-18-15-31(18,5)44-29(41)37-26(28(38)40)30(2,3)4/h11-12,14,17-18,20,23-24,26H,7-10,13,15-16H2,1-6H3,(H,37,41)/t18-,20+,23-,24+,26-,31-/m1/s1. The second-order valence-corrected chi connectivity index (χ2v) is 13.6. The molecule has 2 amide bonds. The Morgan fingerprint density at radius 1 is 1.18 bits per heavy atom. The third-order valence-corrected chi connectivity index (χ3v) is 9.35. The highest BCUT2D eigenvalue weighted by molar-refractivity contribution is 5.89. The zero-order valence-corrected chi connectivity index (χ0v) is 26.2. The van der Waals surface area contributed by atoms with Crippen LogP contribution in [0.15, 0.2) is 18.2 Å². The summed E-state index contributed by atoms with van der Waals surface area (Å²) in [5, 5.41) is 2.77. The van der Waals surface area contributed by atoms with Gasteiger partial charge in [-0.3, -0.25) is 4.79 Å². The van der Waals surface area contributed by atoms with Crippen molar-refractivity contribution in [2.45, 2.75) is 103 Å². The first-order valence-corrected chi connectivity index (χ1v) is 15.4. The van der Waals surface area contributed by atoms with Gasteiger partial charge in [0, 0.05) is 24.3 Å². The zero-order chi connectivity index (χ0) is 32.0. The molecule has 2 fully saturated rings. The molecule has 1 saturated carbocycles. The van der Waals surface area contributed by atoms with Gasteiger partial charge in [-0.05, 0) is 50.2 Å². The van der Waals surface area contributed by atoms with Gasteiger partial charge in [0.25, 0.3) is 5.92 Å². The summed E-state index contributed by atoms with van der Waals surface area (Å²) in [6.45, 7) is 9.04. The van der Waals surface area contributed by atoms with Crippen molar-refractivity contribution in [1.29, 1.82) is 0 Å². The SMILES string of the molecule is CC[C@@H]1[C@@H]2CN(C(=O)[C@H](C(C)(C)C)NC(=O)O[C@]3(C)C[C@H]3CCCCC(F)(F)c3nc4ccc(OC)cc4nc3O2)[C@@H]1C=O. The van der Waals surface area contributed by atoms with Crippen molar-refractivity contribution in [3.63, 3.8) is 0 Å². The molecule has 2 aromatic rings. The Bertz CT molecular complexity index is 1430. The third kappa shape index (κ3) is 6.17. The Kier molecular flexibility index (Phi) is 8.50. The van der Waals surface area contributed by atoms with Crippen LogP contribution in [0.3, 0.4) is 0 Å². The van der Waals surface area contributed by atoms with Crippen molar-refractivity contribution in [3.8, 4) is 11.6 Å². The molecule has 12 heteroatoms. The number of hydrogen-bond donors (Lipinski definition) is 1. The predicted octanol–water partition coefficient (Wildman–Crippen LogP) is 5.41. The van der Waals surface area contributed by atoms with Crippen LogP contribution in [0.5, 0.6) is 11.6 Å². The van der Waals surface area contributed by atoms with Crippen molar-refractivity contribution in [1.82, 2.24) is 20.2 Å². The lowest BCUT2D eigenvalue weighted by Gasteiger charge is -2.35. The number of benzene rings is 1. The minimum absolute atomic E-state index is 0.0305. The van der Waals surface area contributed by atoms with Gasteiger partial charge in [0.1, 0.15) is 29.8 Å². The molecule has 0 spiro atoms. The van der Waals surface area contributed by atoms with E-state index in [4.69, 9.17) is 14.2 Å². The Hall–Kier alpha value is -3.57. The molecular weight excluding hydrogens is 574 g/mol. The van der Waals surface area contributed by atoms with Gasteiger partial charge in [0.05, 0.1) is 30.7 Å². The summed E-state index contributed by atoms with van der Waals surface area (Å²) < 4.78 is 49.2. The molecule has 1 N–H and O–H groups in total. The predicted molar refractivity (Wildman–Crippen MR) is 158 cm³/mol. The lowest BCUT2D eigenvalue weighted by atomic mass is 9.85. The van der Waals surface area contributed by atoms with E-state index >= 15 is 8.78 Å². The molecule has 240 valence electrons. The molecule has 6 atom stereocenters. The summed E-state index contributed by atoms with van der Waals surface area (Å²) in [6.07, 6.45) is 1.04. The minimum Gasteiger partial charge on any atom is -0.497 e. The van der Waals surface area contributed by atoms with Crippen LogP contribution in [0.4, 0.5) is 13.6 Å². The minimum atomic E-state index is -3.36. The number of hydrogen-bond acceptors (Lipinski definition) is 8. The summed E-state index contributed by atoms with van der Waals surface area (Å²) in [6, 6.07) is 2.89. The summed E-state index contributed by atoms with van der Waals surface area (Å²) in [5.41, 5.74) is -1.45. The maximum absolute atomic E-state index is 15.9. The van der Waals surface area contributed by atoms with Crippen molar-refractivity contribution in [2.24, 2.45) is 17.3 Å². The molecule has 44 heavy (non-hydrogen) atoms. The monoisotopic (exact) mass is 616 g/mol. The molecule has 1 saturated heterocycles. The molecule has 2 bridgehead atoms. The first kappa shape index (κ1) is 31.8. The highest BCUT2D eigenvalue weighted by atomic mass is 19.3. The van der Waals surface area contributed by atoms with Crippen LogP contribution in [0.25, 0.3) is 11.0 Å². The number of rotatable bonds is 3. The zero-order valence-electron chi connectivity index (χ0n) is 26.2. The molecule has 0 radical (unpaired) electrons. The highest BCUT2D eigenvalue weighted by Gasteiger charge is 2.54. The number of amides is 2. The smallest absolute Gasteiger partial charge is 0.408 e. The van der Waals surface area contributed by atoms with Crippen LogP contribution < -0.4 is 14.8 Å². The van der Waals surface area contributed by atoms with Crippen molar-refractivity contribution in [3.05, 3.63) is 23.9 Å². The molecule has 2 aliphatic heterocycles. The number of methoxy groups -OCH3 is 1. The van der Waals surface area contributed by atoms with Gasteiger partial charge >= 0.3 is 6.09 Å². The average molecular weight is 617 g/mol. The lowest BCUT2D eigenvalue weighted by Crippen LogP contribution is -2.56. The molecule has 3 aliphatic rings. The van der Waals surface area contributed by atoms with E-state index in [0.717, 1.165) is 0 Å². The summed E-state index contributed by atoms with van der Waals surface area (Å²) in [7, 11) is 1.49. The van der Waals surface area contributed by atoms with Crippen LogP contribution in [0.1, 0.15) is 78.8 Å². The number of nitrogens with zero attached hydrogens (tertiary/aromatic N) is 3. The van der Waals surface area contributed by atoms with E-state index < -0.39 is 65.2 Å². The molecule has 3 heterocycles. The number of carbonyl (C=O) groups excluding carboxylic acids is 3. The summed E-state index contributed by atoms with van der Waals surface area (Å²) in [4.78, 5) is 49.8. The van der Waals surface area contributed by atoms with E-state index in [1.54, 1.807) is 18.2 Å². The van der Waals surface area contributed by atoms with Gasteiger partial charge in [-0.2, -0.15) is 8.78 Å². The second-order valence-electron chi connectivity index (χ2n) is 13.6. The number of alkyl halides is 2. The molecule has 0 unspecified atom stereocenters. The molecule has 1 aromatic carbocycles. The number of nitrogens with one attached hydrogen (secondary N) is 1. The summed E-state index contributed by atoms with van der Waals surface area (Å²) in [5.74, 6) is -4.17. The Balaban J connectivity index is 1.58. The fourth-order valence-corrected chi connectivity index (χ4v) is 6.54. The Labute approximate surface area is 256 Å². The average Bonchev–Trinajstić information content (AvgIpc) is 3.45. The fourth-order valence-electron chi connectivity index (χ4n) is 6.54. The van der Waals surface area contributed by atoms with Gasteiger partial charge in [-0.25, -0.2) is 14.8 Å². The summed E-state index contributed by atoms with van der Waals surface area (Å²) >= 11 is 0. The fraction of sp³-hybridized carbons (Fsp3) is 0.656. The number of carbonyl (C=O) groups is 3. The van der Waals surface area contributed by atoms with Gasteiger partial charge < -0.3 is 29.2 Å². The molecule has 1 aromatic heterocycles. The molecule has 1 aliphatic carbocycles. The number of aldehydes is 1. The van der Waals surface area contributed by atoms with Gasteiger partial charge in [0.2, 0.25) is 11.8 Å². The molecule has 5 rings (SSSR count). The van der Waals surface area contributed by atoms with Gasteiger partial charge in [0.15, 0.2) is 5.69 Å². The van der Waals surface area contributed by atoms with Crippen LogP contribution in [0.2, 0.25) is 0 Å². The van der Waals surface area contributed by atoms with E-state index in [1.807, 2.05) is 34.6 Å². The van der Waals surface area contributed by atoms with Gasteiger partial charge in [-0.15, -0.1) is 0 Å². The topological polar surface area (TPSA) is 120 Å². The van der Waals surface area contributed by atoms with Crippen LogP contribution in [-0.4, -0.2) is 70.6 Å². The van der Waals surface area contributed by atoms with Crippen molar-refractivity contribution in [2.75, 3.05) is 13.7 Å².